The Bertz CT molecular complexity index is 357. The minimum atomic E-state index is 0.0383. The lowest BCUT2D eigenvalue weighted by atomic mass is 9.80. The molecule has 0 saturated carbocycles. The molecule has 0 amide bonds. The van der Waals surface area contributed by atoms with E-state index in [0.29, 0.717) is 19.2 Å². The molecule has 0 saturated heterocycles. The SMILES string of the molecule is CCOc1ccc(C(N(C)C)C(C)(C)CN)cc1. The van der Waals surface area contributed by atoms with E-state index in [9.17, 15) is 0 Å². The largest absolute Gasteiger partial charge is 0.494 e. The van der Waals surface area contributed by atoms with Gasteiger partial charge in [0.05, 0.1) is 6.61 Å². The van der Waals surface area contributed by atoms with Crippen LogP contribution in [0.3, 0.4) is 0 Å². The molecule has 1 atom stereocenters. The molecule has 0 aromatic heterocycles. The van der Waals surface area contributed by atoms with Crippen LogP contribution in [0.5, 0.6) is 5.75 Å². The average Bonchev–Trinajstić information content (AvgIpc) is 2.31. The van der Waals surface area contributed by atoms with Crippen LogP contribution >= 0.6 is 0 Å². The van der Waals surface area contributed by atoms with Gasteiger partial charge in [0.25, 0.3) is 0 Å². The predicted molar refractivity (Wildman–Crippen MR) is 76.9 cm³/mol. The highest BCUT2D eigenvalue weighted by Crippen LogP contribution is 2.36. The van der Waals surface area contributed by atoms with Crippen molar-refractivity contribution in [2.45, 2.75) is 26.8 Å². The van der Waals surface area contributed by atoms with E-state index >= 15 is 0 Å². The molecule has 0 aliphatic rings. The molecule has 102 valence electrons. The molecule has 1 unspecified atom stereocenters. The van der Waals surface area contributed by atoms with Gasteiger partial charge in [-0.3, -0.25) is 0 Å². The van der Waals surface area contributed by atoms with Crippen LogP contribution < -0.4 is 10.5 Å². The highest BCUT2D eigenvalue weighted by molar-refractivity contribution is 5.30. The molecule has 1 rings (SSSR count). The van der Waals surface area contributed by atoms with E-state index in [-0.39, 0.29) is 5.41 Å². The first kappa shape index (κ1) is 15.0. The number of hydrogen-bond acceptors (Lipinski definition) is 3. The van der Waals surface area contributed by atoms with Gasteiger partial charge < -0.3 is 15.4 Å². The van der Waals surface area contributed by atoms with E-state index in [1.54, 1.807) is 0 Å². The summed E-state index contributed by atoms with van der Waals surface area (Å²) in [6, 6.07) is 8.63. The van der Waals surface area contributed by atoms with E-state index in [4.69, 9.17) is 10.5 Å². The van der Waals surface area contributed by atoms with E-state index in [2.05, 4.69) is 45.0 Å². The molecule has 0 radical (unpaired) electrons. The van der Waals surface area contributed by atoms with Gasteiger partial charge in [-0.15, -0.1) is 0 Å². The first-order valence-electron chi connectivity index (χ1n) is 6.51. The van der Waals surface area contributed by atoms with Gasteiger partial charge in [0, 0.05) is 6.04 Å². The maximum Gasteiger partial charge on any atom is 0.119 e. The van der Waals surface area contributed by atoms with Gasteiger partial charge in [-0.2, -0.15) is 0 Å². The summed E-state index contributed by atoms with van der Waals surface area (Å²) < 4.78 is 5.47. The number of hydrogen-bond donors (Lipinski definition) is 1. The minimum Gasteiger partial charge on any atom is -0.494 e. The molecule has 0 aliphatic carbocycles. The molecule has 3 heteroatoms. The Morgan fingerprint density at radius 1 is 1.22 bits per heavy atom. The fraction of sp³-hybridized carbons (Fsp3) is 0.600. The van der Waals surface area contributed by atoms with Crippen LogP contribution in [-0.2, 0) is 0 Å². The molecular formula is C15H26N2O. The van der Waals surface area contributed by atoms with Crippen LogP contribution in [0, 0.1) is 5.41 Å². The van der Waals surface area contributed by atoms with E-state index in [1.807, 2.05) is 19.1 Å². The highest BCUT2D eigenvalue weighted by atomic mass is 16.5. The maximum atomic E-state index is 5.91. The second-order valence-electron chi connectivity index (χ2n) is 5.56. The molecule has 18 heavy (non-hydrogen) atoms. The molecular weight excluding hydrogens is 224 g/mol. The third-order valence-electron chi connectivity index (χ3n) is 3.29. The fourth-order valence-corrected chi connectivity index (χ4v) is 2.47. The fourth-order valence-electron chi connectivity index (χ4n) is 2.47. The number of benzene rings is 1. The van der Waals surface area contributed by atoms with Gasteiger partial charge in [-0.1, -0.05) is 26.0 Å². The summed E-state index contributed by atoms with van der Waals surface area (Å²) in [5, 5.41) is 0. The van der Waals surface area contributed by atoms with Crippen molar-refractivity contribution in [2.24, 2.45) is 11.1 Å². The summed E-state index contributed by atoms with van der Waals surface area (Å²) in [7, 11) is 4.19. The Kier molecular flexibility index (Phi) is 5.17. The Hall–Kier alpha value is -1.06. The summed E-state index contributed by atoms with van der Waals surface area (Å²) >= 11 is 0. The van der Waals surface area contributed by atoms with Crippen molar-refractivity contribution in [3.05, 3.63) is 29.8 Å². The van der Waals surface area contributed by atoms with Gasteiger partial charge in [0.2, 0.25) is 0 Å². The van der Waals surface area contributed by atoms with Crippen molar-refractivity contribution < 1.29 is 4.74 Å². The van der Waals surface area contributed by atoms with Crippen molar-refractivity contribution in [3.8, 4) is 5.75 Å². The smallest absolute Gasteiger partial charge is 0.119 e. The zero-order valence-electron chi connectivity index (χ0n) is 12.2. The number of ether oxygens (including phenoxy) is 1. The Labute approximate surface area is 111 Å². The van der Waals surface area contributed by atoms with Gasteiger partial charge in [0.1, 0.15) is 5.75 Å². The first-order valence-corrected chi connectivity index (χ1v) is 6.51. The number of nitrogens with two attached hydrogens (primary N) is 1. The monoisotopic (exact) mass is 250 g/mol. The van der Waals surface area contributed by atoms with Crippen LogP contribution in [0.1, 0.15) is 32.4 Å². The third-order valence-corrected chi connectivity index (χ3v) is 3.29. The molecule has 0 aliphatic heterocycles. The molecule has 1 aromatic rings. The van der Waals surface area contributed by atoms with Gasteiger partial charge >= 0.3 is 0 Å². The summed E-state index contributed by atoms with van der Waals surface area (Å²) in [5.74, 6) is 0.921. The van der Waals surface area contributed by atoms with Crippen LogP contribution in [0.15, 0.2) is 24.3 Å². The third kappa shape index (κ3) is 3.47. The van der Waals surface area contributed by atoms with E-state index in [1.165, 1.54) is 5.56 Å². The Morgan fingerprint density at radius 2 is 1.78 bits per heavy atom. The normalized spacial score (nSPS) is 13.7. The summed E-state index contributed by atoms with van der Waals surface area (Å²) in [5.41, 5.74) is 7.22. The van der Waals surface area contributed by atoms with Crippen molar-refractivity contribution in [2.75, 3.05) is 27.2 Å². The molecule has 2 N–H and O–H groups in total. The lowest BCUT2D eigenvalue weighted by molar-refractivity contribution is 0.143. The van der Waals surface area contributed by atoms with Gasteiger partial charge in [-0.05, 0) is 50.7 Å². The Morgan fingerprint density at radius 3 is 2.17 bits per heavy atom. The van der Waals surface area contributed by atoms with Gasteiger partial charge in [0.15, 0.2) is 0 Å². The van der Waals surface area contributed by atoms with Crippen LogP contribution in [-0.4, -0.2) is 32.1 Å². The van der Waals surface area contributed by atoms with E-state index < -0.39 is 0 Å². The lowest BCUT2D eigenvalue weighted by Crippen LogP contribution is -2.38. The van der Waals surface area contributed by atoms with Crippen LogP contribution in [0.4, 0.5) is 0 Å². The maximum absolute atomic E-state index is 5.91. The molecule has 0 bridgehead atoms. The van der Waals surface area contributed by atoms with Gasteiger partial charge in [-0.25, -0.2) is 0 Å². The van der Waals surface area contributed by atoms with Crippen molar-refractivity contribution in [1.82, 2.24) is 4.90 Å². The predicted octanol–water partition coefficient (Wildman–Crippen LogP) is 2.67. The van der Waals surface area contributed by atoms with Crippen LogP contribution in [0.2, 0.25) is 0 Å². The highest BCUT2D eigenvalue weighted by Gasteiger charge is 2.31. The molecule has 0 heterocycles. The second kappa shape index (κ2) is 6.21. The van der Waals surface area contributed by atoms with Crippen molar-refractivity contribution in [3.63, 3.8) is 0 Å². The first-order chi connectivity index (χ1) is 8.42. The van der Waals surface area contributed by atoms with Crippen LogP contribution in [0.25, 0.3) is 0 Å². The molecule has 1 aromatic carbocycles. The zero-order valence-corrected chi connectivity index (χ0v) is 12.2. The molecule has 0 spiro atoms. The minimum absolute atomic E-state index is 0.0383. The second-order valence-corrected chi connectivity index (χ2v) is 5.56. The Balaban J connectivity index is 3.00. The van der Waals surface area contributed by atoms with Crippen molar-refractivity contribution in [1.29, 1.82) is 0 Å². The topological polar surface area (TPSA) is 38.5 Å². The quantitative estimate of drug-likeness (QED) is 0.843. The average molecular weight is 250 g/mol. The number of nitrogens with zero attached hydrogens (tertiary/aromatic N) is 1. The summed E-state index contributed by atoms with van der Waals surface area (Å²) in [6.45, 7) is 7.75. The van der Waals surface area contributed by atoms with Crippen molar-refractivity contribution >= 4 is 0 Å². The zero-order chi connectivity index (χ0) is 13.8. The molecule has 3 nitrogen and oxygen atoms in total. The standard InChI is InChI=1S/C15H26N2O/c1-6-18-13-9-7-12(8-10-13)14(17(4)5)15(2,3)11-16/h7-10,14H,6,11,16H2,1-5H3. The summed E-state index contributed by atoms with van der Waals surface area (Å²) in [4.78, 5) is 2.22. The van der Waals surface area contributed by atoms with E-state index in [0.717, 1.165) is 5.75 Å². The molecule has 0 fully saturated rings. The summed E-state index contributed by atoms with van der Waals surface area (Å²) in [6.07, 6.45) is 0. The lowest BCUT2D eigenvalue weighted by Gasteiger charge is -2.38. The number of rotatable bonds is 6.